The maximum absolute atomic E-state index is 12.5. The van der Waals surface area contributed by atoms with Crippen LogP contribution < -0.4 is 15.4 Å². The largest absolute Gasteiger partial charge is 0.466 e. The first kappa shape index (κ1) is 15.8. The first-order valence-electron chi connectivity index (χ1n) is 6.85. The molecular weight excluding hydrogens is 338 g/mol. The van der Waals surface area contributed by atoms with Crippen molar-refractivity contribution in [1.82, 2.24) is 4.98 Å². The zero-order valence-electron chi connectivity index (χ0n) is 12.7. The monoisotopic (exact) mass is 351 g/mol. The Labute approximate surface area is 141 Å². The van der Waals surface area contributed by atoms with Crippen LogP contribution in [0.2, 0.25) is 5.02 Å². The standard InChI is InChI=1S/C15H14ClN3O3S/c1-7-8(2)23-14(17-7)19-13(21)15(3)12(20)18-10-6-9(16)4-5-11(10)22-15/h4-6H,1-3H3,(H,18,20)(H,17,19,21). The summed E-state index contributed by atoms with van der Waals surface area (Å²) in [6.45, 7) is 5.18. The first-order chi connectivity index (χ1) is 10.8. The number of hydrogen-bond donors (Lipinski definition) is 2. The summed E-state index contributed by atoms with van der Waals surface area (Å²) in [5, 5.41) is 6.19. The van der Waals surface area contributed by atoms with Crippen LogP contribution in [-0.2, 0) is 9.59 Å². The van der Waals surface area contributed by atoms with Gasteiger partial charge in [0.1, 0.15) is 5.75 Å². The Kier molecular flexibility index (Phi) is 3.77. The molecule has 0 saturated carbocycles. The number of thiazole rings is 1. The average Bonchev–Trinajstić information content (AvgIpc) is 2.79. The third-order valence-corrected chi connectivity index (χ3v) is 4.84. The minimum absolute atomic E-state index is 0.387. The topological polar surface area (TPSA) is 80.3 Å². The predicted molar refractivity (Wildman–Crippen MR) is 89.3 cm³/mol. The summed E-state index contributed by atoms with van der Waals surface area (Å²) in [6.07, 6.45) is 0. The second kappa shape index (κ2) is 5.50. The van der Waals surface area contributed by atoms with Crippen molar-refractivity contribution < 1.29 is 14.3 Å². The van der Waals surface area contributed by atoms with E-state index in [9.17, 15) is 9.59 Å². The summed E-state index contributed by atoms with van der Waals surface area (Å²) in [5.41, 5.74) is -0.410. The molecule has 1 aliphatic rings. The van der Waals surface area contributed by atoms with Gasteiger partial charge >= 0.3 is 0 Å². The molecular formula is C15H14ClN3O3S. The Hall–Kier alpha value is -2.12. The van der Waals surface area contributed by atoms with E-state index in [0.29, 0.717) is 21.6 Å². The zero-order chi connectivity index (χ0) is 16.8. The number of hydrogen-bond acceptors (Lipinski definition) is 5. The van der Waals surface area contributed by atoms with Crippen molar-refractivity contribution in [2.75, 3.05) is 10.6 Å². The highest BCUT2D eigenvalue weighted by Gasteiger charge is 2.47. The summed E-state index contributed by atoms with van der Waals surface area (Å²) >= 11 is 7.24. The van der Waals surface area contributed by atoms with Crippen molar-refractivity contribution >= 4 is 45.6 Å². The lowest BCUT2D eigenvalue weighted by Crippen LogP contribution is -2.56. The van der Waals surface area contributed by atoms with Crippen LogP contribution in [0, 0.1) is 13.8 Å². The highest BCUT2D eigenvalue weighted by molar-refractivity contribution is 7.15. The lowest BCUT2D eigenvalue weighted by Gasteiger charge is -2.33. The van der Waals surface area contributed by atoms with Crippen molar-refractivity contribution in [3.63, 3.8) is 0 Å². The summed E-state index contributed by atoms with van der Waals surface area (Å²) in [7, 11) is 0. The highest BCUT2D eigenvalue weighted by atomic mass is 35.5. The van der Waals surface area contributed by atoms with E-state index in [0.717, 1.165) is 10.6 Å². The smallest absolute Gasteiger partial charge is 0.280 e. The third kappa shape index (κ3) is 2.77. The molecule has 0 radical (unpaired) electrons. The Bertz CT molecular complexity index is 801. The fourth-order valence-electron chi connectivity index (χ4n) is 2.09. The molecule has 0 saturated heterocycles. The van der Waals surface area contributed by atoms with Gasteiger partial charge in [-0.05, 0) is 39.0 Å². The van der Waals surface area contributed by atoms with Gasteiger partial charge in [-0.1, -0.05) is 11.6 Å². The second-order valence-corrected chi connectivity index (χ2v) is 6.98. The number of nitrogens with zero attached hydrogens (tertiary/aromatic N) is 1. The Morgan fingerprint density at radius 1 is 1.43 bits per heavy atom. The summed E-state index contributed by atoms with van der Waals surface area (Å²) in [4.78, 5) is 30.1. The lowest BCUT2D eigenvalue weighted by atomic mass is 10.0. The van der Waals surface area contributed by atoms with Gasteiger partial charge in [0.15, 0.2) is 5.13 Å². The molecule has 0 fully saturated rings. The average molecular weight is 352 g/mol. The second-order valence-electron chi connectivity index (χ2n) is 5.34. The molecule has 1 aromatic heterocycles. The number of nitrogens with one attached hydrogen (secondary N) is 2. The Morgan fingerprint density at radius 3 is 2.83 bits per heavy atom. The maximum atomic E-state index is 12.5. The molecule has 1 atom stereocenters. The minimum Gasteiger partial charge on any atom is -0.466 e. The van der Waals surface area contributed by atoms with Gasteiger partial charge in [-0.3, -0.25) is 14.9 Å². The fraction of sp³-hybridized carbons (Fsp3) is 0.267. The number of halogens is 1. The minimum atomic E-state index is -1.69. The van der Waals surface area contributed by atoms with Crippen LogP contribution in [0.4, 0.5) is 10.8 Å². The molecule has 2 heterocycles. The molecule has 1 aromatic carbocycles. The molecule has 120 valence electrons. The number of rotatable bonds is 2. The van der Waals surface area contributed by atoms with E-state index in [-0.39, 0.29) is 0 Å². The van der Waals surface area contributed by atoms with Crippen molar-refractivity contribution in [3.8, 4) is 5.75 Å². The van der Waals surface area contributed by atoms with E-state index in [4.69, 9.17) is 16.3 Å². The third-order valence-electron chi connectivity index (χ3n) is 3.62. The van der Waals surface area contributed by atoms with Gasteiger partial charge in [-0.15, -0.1) is 11.3 Å². The number of amides is 2. The number of aryl methyl sites for hydroxylation is 2. The molecule has 23 heavy (non-hydrogen) atoms. The summed E-state index contributed by atoms with van der Waals surface area (Å²) in [6, 6.07) is 4.81. The summed E-state index contributed by atoms with van der Waals surface area (Å²) in [5.74, 6) is -0.753. The van der Waals surface area contributed by atoms with E-state index in [1.54, 1.807) is 18.2 Å². The van der Waals surface area contributed by atoms with Crippen LogP contribution in [0.1, 0.15) is 17.5 Å². The van der Waals surface area contributed by atoms with Gasteiger partial charge in [0.25, 0.3) is 17.4 Å². The van der Waals surface area contributed by atoms with Gasteiger partial charge in [-0.25, -0.2) is 4.98 Å². The van der Waals surface area contributed by atoms with E-state index in [1.165, 1.54) is 18.3 Å². The molecule has 0 bridgehead atoms. The molecule has 2 aromatic rings. The van der Waals surface area contributed by atoms with E-state index >= 15 is 0 Å². The van der Waals surface area contributed by atoms with Crippen LogP contribution in [-0.4, -0.2) is 22.4 Å². The van der Waals surface area contributed by atoms with Crippen LogP contribution >= 0.6 is 22.9 Å². The maximum Gasteiger partial charge on any atom is 0.280 e. The quantitative estimate of drug-likeness (QED) is 0.814. The number of ether oxygens (including phenoxy) is 1. The fourth-order valence-corrected chi connectivity index (χ4v) is 3.07. The van der Waals surface area contributed by atoms with Crippen LogP contribution in [0.5, 0.6) is 5.75 Å². The Morgan fingerprint density at radius 2 is 2.17 bits per heavy atom. The molecule has 0 spiro atoms. The number of fused-ring (bicyclic) bond motifs is 1. The van der Waals surface area contributed by atoms with Crippen molar-refractivity contribution in [2.45, 2.75) is 26.4 Å². The van der Waals surface area contributed by atoms with Gasteiger partial charge < -0.3 is 10.1 Å². The van der Waals surface area contributed by atoms with Gasteiger partial charge in [-0.2, -0.15) is 0 Å². The van der Waals surface area contributed by atoms with Crippen molar-refractivity contribution in [1.29, 1.82) is 0 Å². The molecule has 8 heteroatoms. The van der Waals surface area contributed by atoms with Gasteiger partial charge in [0.05, 0.1) is 11.4 Å². The molecule has 6 nitrogen and oxygen atoms in total. The van der Waals surface area contributed by atoms with Crippen LogP contribution in [0.25, 0.3) is 0 Å². The number of anilines is 2. The number of carbonyl (C=O) groups is 2. The highest BCUT2D eigenvalue weighted by Crippen LogP contribution is 2.36. The van der Waals surface area contributed by atoms with Gasteiger partial charge in [0.2, 0.25) is 0 Å². The van der Waals surface area contributed by atoms with Crippen molar-refractivity contribution in [2.24, 2.45) is 0 Å². The number of carbonyl (C=O) groups excluding carboxylic acids is 2. The first-order valence-corrected chi connectivity index (χ1v) is 8.04. The summed E-state index contributed by atoms with van der Waals surface area (Å²) < 4.78 is 5.65. The Balaban J connectivity index is 1.87. The normalized spacial score (nSPS) is 19.6. The van der Waals surface area contributed by atoms with E-state index in [1.807, 2.05) is 13.8 Å². The van der Waals surface area contributed by atoms with Gasteiger partial charge in [0, 0.05) is 9.90 Å². The molecule has 1 unspecified atom stereocenters. The zero-order valence-corrected chi connectivity index (χ0v) is 14.3. The molecule has 2 N–H and O–H groups in total. The van der Waals surface area contributed by atoms with E-state index < -0.39 is 17.4 Å². The number of aromatic nitrogens is 1. The van der Waals surface area contributed by atoms with Crippen LogP contribution in [0.15, 0.2) is 18.2 Å². The SMILES string of the molecule is Cc1nc(NC(=O)C2(C)Oc3ccc(Cl)cc3NC2=O)sc1C. The van der Waals surface area contributed by atoms with Crippen LogP contribution in [0.3, 0.4) is 0 Å². The van der Waals surface area contributed by atoms with E-state index in [2.05, 4.69) is 15.6 Å². The molecule has 3 rings (SSSR count). The lowest BCUT2D eigenvalue weighted by molar-refractivity contribution is -0.143. The predicted octanol–water partition coefficient (Wildman–Crippen LogP) is 3.14. The van der Waals surface area contributed by atoms with Crippen molar-refractivity contribution in [3.05, 3.63) is 33.8 Å². The molecule has 1 aliphatic heterocycles. The molecule has 0 aliphatic carbocycles. The number of benzene rings is 1. The molecule has 2 amide bonds.